The molecule has 2 nitrogen and oxygen atoms in total. The molecule has 0 bridgehead atoms. The fraction of sp³-hybridized carbons (Fsp3) is 0.417. The fourth-order valence-corrected chi connectivity index (χ4v) is 3.31. The van der Waals surface area contributed by atoms with Crippen molar-refractivity contribution < 1.29 is 0 Å². The fourth-order valence-electron chi connectivity index (χ4n) is 2.47. The van der Waals surface area contributed by atoms with Gasteiger partial charge in [0.1, 0.15) is 0 Å². The quantitative estimate of drug-likeness (QED) is 0.785. The maximum absolute atomic E-state index is 5.89. The van der Waals surface area contributed by atoms with Crippen LogP contribution in [0, 0.1) is 5.92 Å². The zero-order chi connectivity index (χ0) is 10.3. The second-order valence-electron chi connectivity index (χ2n) is 4.28. The molecule has 78 valence electrons. The Morgan fingerprint density at radius 1 is 1.33 bits per heavy atom. The molecule has 1 fully saturated rings. The third-order valence-corrected chi connectivity index (χ3v) is 4.20. The Labute approximate surface area is 94.0 Å². The number of amidine groups is 1. The molecule has 0 aromatic heterocycles. The van der Waals surface area contributed by atoms with Crippen molar-refractivity contribution in [2.75, 3.05) is 5.75 Å². The van der Waals surface area contributed by atoms with Crippen molar-refractivity contribution in [3.05, 3.63) is 35.9 Å². The van der Waals surface area contributed by atoms with Gasteiger partial charge in [-0.2, -0.15) is 0 Å². The van der Waals surface area contributed by atoms with Crippen LogP contribution in [0.3, 0.4) is 0 Å². The smallest absolute Gasteiger partial charge is 0.154 e. The zero-order valence-corrected chi connectivity index (χ0v) is 9.33. The van der Waals surface area contributed by atoms with Gasteiger partial charge < -0.3 is 5.73 Å². The third-order valence-electron chi connectivity index (χ3n) is 3.37. The molecule has 1 heterocycles. The van der Waals surface area contributed by atoms with E-state index in [-0.39, 0.29) is 5.54 Å². The van der Waals surface area contributed by atoms with Crippen molar-refractivity contribution in [2.45, 2.75) is 18.4 Å². The molecule has 0 spiro atoms. The maximum Gasteiger partial charge on any atom is 0.154 e. The highest BCUT2D eigenvalue weighted by atomic mass is 32.2. The van der Waals surface area contributed by atoms with E-state index in [0.29, 0.717) is 5.92 Å². The van der Waals surface area contributed by atoms with Gasteiger partial charge in [0.05, 0.1) is 5.54 Å². The molecule has 2 atom stereocenters. The lowest BCUT2D eigenvalue weighted by atomic mass is 10.0. The van der Waals surface area contributed by atoms with Crippen LogP contribution in [-0.2, 0) is 5.54 Å². The lowest BCUT2D eigenvalue weighted by Gasteiger charge is -2.11. The second-order valence-corrected chi connectivity index (χ2v) is 5.39. The van der Waals surface area contributed by atoms with Crippen molar-refractivity contribution >= 4 is 16.9 Å². The number of thioether (sulfide) groups is 1. The first-order chi connectivity index (χ1) is 7.31. The molecule has 1 aliphatic carbocycles. The lowest BCUT2D eigenvalue weighted by Crippen LogP contribution is -2.13. The largest absolute Gasteiger partial charge is 0.379 e. The molecular weight excluding hydrogens is 204 g/mol. The van der Waals surface area contributed by atoms with Gasteiger partial charge in [-0.15, -0.1) is 0 Å². The zero-order valence-electron chi connectivity index (χ0n) is 8.52. The molecule has 0 saturated heterocycles. The van der Waals surface area contributed by atoms with Gasteiger partial charge in [-0.3, -0.25) is 4.99 Å². The summed E-state index contributed by atoms with van der Waals surface area (Å²) in [6.07, 6.45) is 2.42. The van der Waals surface area contributed by atoms with Crippen molar-refractivity contribution in [2.24, 2.45) is 16.6 Å². The van der Waals surface area contributed by atoms with Crippen molar-refractivity contribution in [1.29, 1.82) is 0 Å². The van der Waals surface area contributed by atoms with Crippen LogP contribution < -0.4 is 5.73 Å². The lowest BCUT2D eigenvalue weighted by molar-refractivity contribution is 0.626. The summed E-state index contributed by atoms with van der Waals surface area (Å²) in [7, 11) is 0. The summed E-state index contributed by atoms with van der Waals surface area (Å²) < 4.78 is 0. The molecule has 15 heavy (non-hydrogen) atoms. The number of fused-ring (bicyclic) bond motifs is 1. The predicted octanol–water partition coefficient (Wildman–Crippen LogP) is 2.35. The van der Waals surface area contributed by atoms with Crippen LogP contribution in [0.1, 0.15) is 18.4 Å². The summed E-state index contributed by atoms with van der Waals surface area (Å²) in [5.41, 5.74) is 7.26. The van der Waals surface area contributed by atoms with Crippen molar-refractivity contribution in [3.63, 3.8) is 0 Å². The van der Waals surface area contributed by atoms with Crippen molar-refractivity contribution in [1.82, 2.24) is 0 Å². The first-order valence-electron chi connectivity index (χ1n) is 5.35. The molecule has 1 aromatic carbocycles. The molecule has 1 aromatic rings. The van der Waals surface area contributed by atoms with Crippen LogP contribution in [0.25, 0.3) is 0 Å². The maximum atomic E-state index is 5.89. The van der Waals surface area contributed by atoms with E-state index in [1.165, 1.54) is 18.4 Å². The molecule has 1 aliphatic heterocycles. The van der Waals surface area contributed by atoms with Gasteiger partial charge in [0, 0.05) is 5.75 Å². The summed E-state index contributed by atoms with van der Waals surface area (Å²) in [4.78, 5) is 4.71. The standard InChI is InChI=1S/C12H14N2S/c13-11-14-12(8-10(12)6-7-15-11)9-4-2-1-3-5-9/h1-5,10H,6-8H2,(H2,13,14). The summed E-state index contributed by atoms with van der Waals surface area (Å²) in [6.45, 7) is 0. The first kappa shape index (κ1) is 9.28. The Bertz CT molecular complexity index is 401. The van der Waals surface area contributed by atoms with E-state index in [4.69, 9.17) is 10.7 Å². The number of aliphatic imine (C=N–C) groups is 1. The summed E-state index contributed by atoms with van der Waals surface area (Å²) in [5.74, 6) is 1.84. The van der Waals surface area contributed by atoms with E-state index < -0.39 is 0 Å². The van der Waals surface area contributed by atoms with Gasteiger partial charge in [0.15, 0.2) is 5.17 Å². The second kappa shape index (κ2) is 3.27. The normalized spacial score (nSPS) is 33.9. The van der Waals surface area contributed by atoms with Gasteiger partial charge in [-0.05, 0) is 24.3 Å². The van der Waals surface area contributed by atoms with Gasteiger partial charge >= 0.3 is 0 Å². The molecule has 2 aliphatic rings. The topological polar surface area (TPSA) is 38.4 Å². The van der Waals surface area contributed by atoms with E-state index in [2.05, 4.69) is 30.3 Å². The van der Waals surface area contributed by atoms with Gasteiger partial charge in [-0.25, -0.2) is 0 Å². The van der Waals surface area contributed by atoms with E-state index in [1.54, 1.807) is 11.8 Å². The SMILES string of the molecule is NC1=NC2(c3ccccc3)CC2CCS1. The molecule has 3 heteroatoms. The number of hydrogen-bond acceptors (Lipinski definition) is 3. The molecule has 2 unspecified atom stereocenters. The van der Waals surface area contributed by atoms with Crippen LogP contribution in [0.5, 0.6) is 0 Å². The minimum Gasteiger partial charge on any atom is -0.379 e. The van der Waals surface area contributed by atoms with Gasteiger partial charge in [0.2, 0.25) is 0 Å². The third kappa shape index (κ3) is 1.46. The van der Waals surface area contributed by atoms with Crippen molar-refractivity contribution in [3.8, 4) is 0 Å². The van der Waals surface area contributed by atoms with E-state index in [0.717, 1.165) is 10.9 Å². The monoisotopic (exact) mass is 218 g/mol. The molecule has 0 radical (unpaired) electrons. The number of benzene rings is 1. The highest BCUT2D eigenvalue weighted by Crippen LogP contribution is 2.58. The van der Waals surface area contributed by atoms with Crippen LogP contribution in [-0.4, -0.2) is 10.9 Å². The minimum absolute atomic E-state index is 0.0366. The molecule has 3 rings (SSSR count). The molecular formula is C12H14N2S. The number of nitrogens with zero attached hydrogens (tertiary/aromatic N) is 1. The van der Waals surface area contributed by atoms with Crippen LogP contribution >= 0.6 is 11.8 Å². The average molecular weight is 218 g/mol. The Hall–Kier alpha value is -0.960. The molecule has 2 N–H and O–H groups in total. The van der Waals surface area contributed by atoms with E-state index >= 15 is 0 Å². The van der Waals surface area contributed by atoms with E-state index in [1.807, 2.05) is 0 Å². The number of rotatable bonds is 1. The Balaban J connectivity index is 2.01. The van der Waals surface area contributed by atoms with Crippen LogP contribution in [0.15, 0.2) is 35.3 Å². The Kier molecular flexibility index (Phi) is 2.02. The van der Waals surface area contributed by atoms with Gasteiger partial charge in [0.25, 0.3) is 0 Å². The van der Waals surface area contributed by atoms with Crippen LogP contribution in [0.4, 0.5) is 0 Å². The summed E-state index contributed by atoms with van der Waals surface area (Å²) >= 11 is 1.69. The van der Waals surface area contributed by atoms with E-state index in [9.17, 15) is 0 Å². The highest BCUT2D eigenvalue weighted by Gasteiger charge is 2.56. The Morgan fingerprint density at radius 3 is 2.93 bits per heavy atom. The number of nitrogens with two attached hydrogens (primary N) is 1. The van der Waals surface area contributed by atoms with Gasteiger partial charge in [-0.1, -0.05) is 42.1 Å². The highest BCUT2D eigenvalue weighted by molar-refractivity contribution is 8.13. The van der Waals surface area contributed by atoms with Crippen LogP contribution in [0.2, 0.25) is 0 Å². The Morgan fingerprint density at radius 2 is 2.13 bits per heavy atom. The summed E-state index contributed by atoms with van der Waals surface area (Å²) in [6, 6.07) is 10.6. The average Bonchev–Trinajstić information content (AvgIpc) is 2.94. The molecule has 1 saturated carbocycles. The predicted molar refractivity (Wildman–Crippen MR) is 64.9 cm³/mol. The molecule has 0 amide bonds. The number of hydrogen-bond donors (Lipinski definition) is 1. The minimum atomic E-state index is 0.0366. The first-order valence-corrected chi connectivity index (χ1v) is 6.33. The summed E-state index contributed by atoms with van der Waals surface area (Å²) in [5, 5.41) is 0.763.